The van der Waals surface area contributed by atoms with Crippen molar-refractivity contribution in [1.29, 1.82) is 0 Å². The first-order valence-electron chi connectivity index (χ1n) is 5.50. The molecule has 0 aromatic rings. The molecule has 0 N–H and O–H groups in total. The summed E-state index contributed by atoms with van der Waals surface area (Å²) >= 11 is 0. The Bertz CT molecular complexity index is 178. The minimum Gasteiger partial charge on any atom is -0.426 e. The molecule has 0 aliphatic carbocycles. The Morgan fingerprint density at radius 3 is 1.22 bits per heavy atom. The molecule has 0 radical (unpaired) electrons. The van der Waals surface area contributed by atoms with Crippen LogP contribution in [0.3, 0.4) is 0 Å². The fourth-order valence-electron chi connectivity index (χ4n) is 1.28. The average molecular weight is 266 g/mol. The minimum absolute atomic E-state index is 0.238. The van der Waals surface area contributed by atoms with Crippen LogP contribution in [0.1, 0.15) is 0 Å². The minimum atomic E-state index is -0.798. The Morgan fingerprint density at radius 1 is 0.722 bits per heavy atom. The van der Waals surface area contributed by atoms with Crippen molar-refractivity contribution in [2.75, 3.05) is 54.9 Å². The van der Waals surface area contributed by atoms with Gasteiger partial charge in [0.05, 0.1) is 26.4 Å². The normalized spacial score (nSPS) is 11.0. The summed E-state index contributed by atoms with van der Waals surface area (Å²) in [4.78, 5) is 11.5. The fourth-order valence-corrected chi connectivity index (χ4v) is 1.28. The third-order valence-corrected chi connectivity index (χ3v) is 1.94. The zero-order valence-electron chi connectivity index (χ0n) is 11.3. The molecule has 0 rings (SSSR count). The Labute approximate surface area is 107 Å². The monoisotopic (exact) mass is 266 g/mol. The van der Waals surface area contributed by atoms with Gasteiger partial charge in [0.2, 0.25) is 0 Å². The second kappa shape index (κ2) is 11.2. The molecule has 0 atom stereocenters. The maximum absolute atomic E-state index is 11.5. The van der Waals surface area contributed by atoms with Gasteiger partial charge in [-0.25, -0.2) is 4.79 Å². The van der Waals surface area contributed by atoms with Gasteiger partial charge in [-0.1, -0.05) is 0 Å². The highest BCUT2D eigenvalue weighted by Crippen LogP contribution is 2.02. The van der Waals surface area contributed by atoms with E-state index in [0.717, 1.165) is 0 Å². The number of hydrogen-bond acceptors (Lipinski definition) is 7. The summed E-state index contributed by atoms with van der Waals surface area (Å²) in [5, 5.41) is 0. The van der Waals surface area contributed by atoms with Crippen molar-refractivity contribution in [2.24, 2.45) is 0 Å². The Morgan fingerprint density at radius 2 is 1.00 bits per heavy atom. The summed E-state index contributed by atoms with van der Waals surface area (Å²) in [5.74, 6) is 0. The van der Waals surface area contributed by atoms with Crippen molar-refractivity contribution < 1.29 is 33.2 Å². The summed E-state index contributed by atoms with van der Waals surface area (Å²) in [5.41, 5.74) is 0. The number of rotatable bonds is 10. The van der Waals surface area contributed by atoms with Crippen LogP contribution in [0.15, 0.2) is 0 Å². The molecule has 0 saturated heterocycles. The SMILES string of the molecule is COCC(COC)OC(=O)OC(COC)COC. The number of carbonyl (C=O) groups excluding carboxylic acids is 1. The van der Waals surface area contributed by atoms with Crippen LogP contribution in [0.2, 0.25) is 0 Å². The highest BCUT2D eigenvalue weighted by Gasteiger charge is 2.20. The topological polar surface area (TPSA) is 72.5 Å². The van der Waals surface area contributed by atoms with Gasteiger partial charge in [0.25, 0.3) is 0 Å². The molecule has 0 aromatic carbocycles. The second-order valence-electron chi connectivity index (χ2n) is 3.55. The van der Waals surface area contributed by atoms with E-state index in [4.69, 9.17) is 28.4 Å². The molecular formula is C11H22O7. The molecule has 0 aromatic heterocycles. The van der Waals surface area contributed by atoms with E-state index in [9.17, 15) is 4.79 Å². The van der Waals surface area contributed by atoms with Crippen molar-refractivity contribution in [2.45, 2.75) is 12.2 Å². The van der Waals surface area contributed by atoms with Crippen molar-refractivity contribution >= 4 is 6.16 Å². The molecule has 108 valence electrons. The first kappa shape index (κ1) is 17.1. The predicted molar refractivity (Wildman–Crippen MR) is 62.6 cm³/mol. The molecule has 7 heteroatoms. The molecule has 0 fully saturated rings. The number of carbonyl (C=O) groups is 1. The maximum Gasteiger partial charge on any atom is 0.509 e. The first-order valence-corrected chi connectivity index (χ1v) is 5.50. The average Bonchev–Trinajstić information content (AvgIpc) is 2.30. The molecule has 0 unspecified atom stereocenters. The second-order valence-corrected chi connectivity index (χ2v) is 3.55. The van der Waals surface area contributed by atoms with Crippen LogP contribution in [0.5, 0.6) is 0 Å². The van der Waals surface area contributed by atoms with Crippen molar-refractivity contribution in [3.63, 3.8) is 0 Å². The highest BCUT2D eigenvalue weighted by atomic mass is 16.7. The lowest BCUT2D eigenvalue weighted by Crippen LogP contribution is -2.32. The molecule has 0 spiro atoms. The van der Waals surface area contributed by atoms with E-state index < -0.39 is 18.4 Å². The molecule has 0 saturated carbocycles. The zero-order chi connectivity index (χ0) is 13.8. The van der Waals surface area contributed by atoms with Crippen molar-refractivity contribution in [3.8, 4) is 0 Å². The molecule has 0 aliphatic heterocycles. The van der Waals surface area contributed by atoms with Crippen LogP contribution in [0.4, 0.5) is 4.79 Å². The van der Waals surface area contributed by atoms with Crippen molar-refractivity contribution in [1.82, 2.24) is 0 Å². The van der Waals surface area contributed by atoms with Crippen LogP contribution in [0, 0.1) is 0 Å². The van der Waals surface area contributed by atoms with Crippen LogP contribution in [-0.2, 0) is 28.4 Å². The zero-order valence-corrected chi connectivity index (χ0v) is 11.3. The van der Waals surface area contributed by atoms with E-state index in [-0.39, 0.29) is 26.4 Å². The maximum atomic E-state index is 11.5. The number of ether oxygens (including phenoxy) is 6. The Hall–Kier alpha value is -0.890. The molecule has 18 heavy (non-hydrogen) atoms. The number of methoxy groups -OCH3 is 4. The van der Waals surface area contributed by atoms with Gasteiger partial charge >= 0.3 is 6.16 Å². The quantitative estimate of drug-likeness (QED) is 0.532. The predicted octanol–water partition coefficient (Wildman–Crippen LogP) is 0.462. The van der Waals surface area contributed by atoms with Crippen LogP contribution < -0.4 is 0 Å². The summed E-state index contributed by atoms with van der Waals surface area (Å²) in [7, 11) is 6.04. The summed E-state index contributed by atoms with van der Waals surface area (Å²) in [6.07, 6.45) is -1.80. The molecule has 0 amide bonds. The summed E-state index contributed by atoms with van der Waals surface area (Å²) in [6.45, 7) is 0.953. The van der Waals surface area contributed by atoms with Gasteiger partial charge in [-0.15, -0.1) is 0 Å². The van der Waals surface area contributed by atoms with Gasteiger partial charge in [0, 0.05) is 28.4 Å². The van der Waals surface area contributed by atoms with Gasteiger partial charge in [-0.3, -0.25) is 0 Å². The van der Waals surface area contributed by atoms with E-state index in [1.54, 1.807) is 0 Å². The molecule has 0 bridgehead atoms. The van der Waals surface area contributed by atoms with Crippen LogP contribution >= 0.6 is 0 Å². The van der Waals surface area contributed by atoms with E-state index in [1.165, 1.54) is 28.4 Å². The summed E-state index contributed by atoms with van der Waals surface area (Å²) < 4.78 is 29.6. The Kier molecular flexibility index (Phi) is 10.7. The van der Waals surface area contributed by atoms with E-state index in [1.807, 2.05) is 0 Å². The van der Waals surface area contributed by atoms with Crippen LogP contribution in [0.25, 0.3) is 0 Å². The van der Waals surface area contributed by atoms with Gasteiger partial charge in [0.1, 0.15) is 0 Å². The van der Waals surface area contributed by atoms with Gasteiger partial charge < -0.3 is 28.4 Å². The van der Waals surface area contributed by atoms with E-state index >= 15 is 0 Å². The lowest BCUT2D eigenvalue weighted by molar-refractivity contribution is -0.0689. The smallest absolute Gasteiger partial charge is 0.426 e. The molecular weight excluding hydrogens is 244 g/mol. The van der Waals surface area contributed by atoms with E-state index in [2.05, 4.69) is 0 Å². The fraction of sp³-hybridized carbons (Fsp3) is 0.909. The third-order valence-electron chi connectivity index (χ3n) is 1.94. The standard InChI is InChI=1S/C11H22O7/c1-13-5-9(6-14-2)17-11(12)18-10(7-15-3)8-16-4/h9-10H,5-8H2,1-4H3. The summed E-state index contributed by atoms with van der Waals surface area (Å²) in [6, 6.07) is 0. The largest absolute Gasteiger partial charge is 0.509 e. The molecule has 0 aliphatic rings. The van der Waals surface area contributed by atoms with E-state index in [0.29, 0.717) is 0 Å². The highest BCUT2D eigenvalue weighted by molar-refractivity contribution is 5.60. The van der Waals surface area contributed by atoms with Gasteiger partial charge in [0.15, 0.2) is 12.2 Å². The van der Waals surface area contributed by atoms with Gasteiger partial charge in [-0.2, -0.15) is 0 Å². The third kappa shape index (κ3) is 8.24. The lowest BCUT2D eigenvalue weighted by Gasteiger charge is -2.19. The van der Waals surface area contributed by atoms with Crippen LogP contribution in [-0.4, -0.2) is 73.2 Å². The first-order chi connectivity index (χ1) is 8.67. The van der Waals surface area contributed by atoms with Crippen molar-refractivity contribution in [3.05, 3.63) is 0 Å². The lowest BCUT2D eigenvalue weighted by atomic mass is 10.4. The van der Waals surface area contributed by atoms with Gasteiger partial charge in [-0.05, 0) is 0 Å². The Balaban J connectivity index is 4.09. The molecule has 7 nitrogen and oxygen atoms in total. The number of hydrogen-bond donors (Lipinski definition) is 0. The molecule has 0 heterocycles.